The Morgan fingerprint density at radius 1 is 0.244 bits per heavy atom. The van der Waals surface area contributed by atoms with Crippen LogP contribution in [0.15, 0.2) is 60.8 Å². The van der Waals surface area contributed by atoms with Crippen molar-refractivity contribution in [2.75, 3.05) is 13.2 Å². The van der Waals surface area contributed by atoms with Gasteiger partial charge in [0.1, 0.15) is 13.2 Å². The average Bonchev–Trinajstić information content (AvgIpc) is 3.47. The number of rotatable bonds is 67. The lowest BCUT2D eigenvalue weighted by molar-refractivity contribution is -0.167. The highest BCUT2D eigenvalue weighted by Crippen LogP contribution is 2.18. The largest absolute Gasteiger partial charge is 0.462 e. The van der Waals surface area contributed by atoms with E-state index in [0.717, 1.165) is 77.0 Å². The van der Waals surface area contributed by atoms with Crippen molar-refractivity contribution in [1.82, 2.24) is 0 Å². The van der Waals surface area contributed by atoms with Crippen LogP contribution in [-0.4, -0.2) is 37.2 Å². The van der Waals surface area contributed by atoms with E-state index >= 15 is 0 Å². The van der Waals surface area contributed by atoms with E-state index in [9.17, 15) is 14.4 Å². The first kappa shape index (κ1) is 79.1. The van der Waals surface area contributed by atoms with Gasteiger partial charge >= 0.3 is 17.9 Å². The molecule has 0 aromatic heterocycles. The van der Waals surface area contributed by atoms with Crippen LogP contribution in [0, 0.1) is 0 Å². The molecule has 0 spiro atoms. The first-order valence-electron chi connectivity index (χ1n) is 36.3. The van der Waals surface area contributed by atoms with E-state index in [1.807, 2.05) is 0 Å². The van der Waals surface area contributed by atoms with Crippen LogP contribution in [0.1, 0.15) is 387 Å². The van der Waals surface area contributed by atoms with Crippen molar-refractivity contribution in [1.29, 1.82) is 0 Å². The highest BCUT2D eigenvalue weighted by Gasteiger charge is 2.19. The topological polar surface area (TPSA) is 78.9 Å². The van der Waals surface area contributed by atoms with Gasteiger partial charge in [-0.3, -0.25) is 14.4 Å². The van der Waals surface area contributed by atoms with Gasteiger partial charge in [-0.1, -0.05) is 319 Å². The second kappa shape index (κ2) is 70.6. The molecule has 0 radical (unpaired) electrons. The number of unbranched alkanes of at least 4 members (excludes halogenated alkanes) is 46. The van der Waals surface area contributed by atoms with E-state index < -0.39 is 6.10 Å². The third-order valence-corrected chi connectivity index (χ3v) is 16.2. The summed E-state index contributed by atoms with van der Waals surface area (Å²) in [4.78, 5) is 38.4. The summed E-state index contributed by atoms with van der Waals surface area (Å²) in [7, 11) is 0. The van der Waals surface area contributed by atoms with E-state index in [4.69, 9.17) is 14.2 Å². The Balaban J connectivity index is 4.21. The second-order valence-electron chi connectivity index (χ2n) is 24.5. The molecule has 1 atom stereocenters. The van der Waals surface area contributed by atoms with Gasteiger partial charge in [-0.25, -0.2) is 0 Å². The van der Waals surface area contributed by atoms with Crippen LogP contribution < -0.4 is 0 Å². The van der Waals surface area contributed by atoms with E-state index in [1.165, 1.54) is 270 Å². The minimum Gasteiger partial charge on any atom is -0.462 e. The van der Waals surface area contributed by atoms with Crippen LogP contribution >= 0.6 is 0 Å². The SMILES string of the molecule is CCCCCCC/C=C\C/C=C\C/C=C\CCCCCCCCCCCCCCCCCCC(=O)OCC(COC(=O)CCCCCCC/C=C\CCCCCCC)OC(=O)CCCCCCCCCCC/C=C\CCCCCCCC. The summed E-state index contributed by atoms with van der Waals surface area (Å²) in [6, 6.07) is 0. The number of allylic oxidation sites excluding steroid dienone is 10. The van der Waals surface area contributed by atoms with Crippen LogP contribution in [0.2, 0.25) is 0 Å². The fraction of sp³-hybridized carbons (Fsp3) is 0.829. The van der Waals surface area contributed by atoms with Gasteiger partial charge in [-0.05, 0) is 109 Å². The maximum absolute atomic E-state index is 12.9. The molecule has 0 aliphatic rings. The van der Waals surface area contributed by atoms with E-state index in [2.05, 4.69) is 81.5 Å². The summed E-state index contributed by atoms with van der Waals surface area (Å²) in [6.07, 6.45) is 91.1. The number of carbonyl (C=O) groups is 3. The molecule has 0 aliphatic carbocycles. The van der Waals surface area contributed by atoms with Crippen molar-refractivity contribution in [3.63, 3.8) is 0 Å². The van der Waals surface area contributed by atoms with Gasteiger partial charge in [0, 0.05) is 19.3 Å². The number of ether oxygens (including phenoxy) is 3. The van der Waals surface area contributed by atoms with E-state index in [-0.39, 0.29) is 31.1 Å². The van der Waals surface area contributed by atoms with E-state index in [0.29, 0.717) is 19.3 Å². The van der Waals surface area contributed by atoms with Gasteiger partial charge in [0.2, 0.25) is 0 Å². The molecule has 0 aromatic carbocycles. The Morgan fingerprint density at radius 2 is 0.439 bits per heavy atom. The lowest BCUT2D eigenvalue weighted by Gasteiger charge is -2.18. The van der Waals surface area contributed by atoms with Crippen LogP contribution in [0.5, 0.6) is 0 Å². The molecule has 0 bridgehead atoms. The molecule has 0 fully saturated rings. The summed E-state index contributed by atoms with van der Waals surface area (Å²) in [5, 5.41) is 0. The highest BCUT2D eigenvalue weighted by atomic mass is 16.6. The smallest absolute Gasteiger partial charge is 0.306 e. The molecule has 0 saturated carbocycles. The quantitative estimate of drug-likeness (QED) is 0.0261. The van der Waals surface area contributed by atoms with Gasteiger partial charge in [-0.15, -0.1) is 0 Å². The average molecular weight is 1150 g/mol. The summed E-state index contributed by atoms with van der Waals surface area (Å²) in [5.41, 5.74) is 0. The zero-order valence-electron chi connectivity index (χ0n) is 55.0. The van der Waals surface area contributed by atoms with Crippen LogP contribution in [0.25, 0.3) is 0 Å². The van der Waals surface area contributed by atoms with Crippen LogP contribution in [0.3, 0.4) is 0 Å². The Labute approximate surface area is 510 Å². The third kappa shape index (κ3) is 67.9. The Kier molecular flexibility index (Phi) is 68.1. The van der Waals surface area contributed by atoms with Crippen molar-refractivity contribution < 1.29 is 28.6 Å². The molecule has 0 heterocycles. The molecular formula is C76H138O6. The molecule has 1 unspecified atom stereocenters. The zero-order valence-corrected chi connectivity index (χ0v) is 55.0. The van der Waals surface area contributed by atoms with Crippen LogP contribution in [-0.2, 0) is 28.6 Å². The van der Waals surface area contributed by atoms with Gasteiger partial charge in [0.25, 0.3) is 0 Å². The van der Waals surface area contributed by atoms with Crippen molar-refractivity contribution >= 4 is 17.9 Å². The van der Waals surface area contributed by atoms with E-state index in [1.54, 1.807) is 0 Å². The molecule has 0 aliphatic heterocycles. The summed E-state index contributed by atoms with van der Waals surface area (Å²) in [5.74, 6) is -0.861. The summed E-state index contributed by atoms with van der Waals surface area (Å²) in [6.45, 7) is 6.66. The van der Waals surface area contributed by atoms with Crippen molar-refractivity contribution in [3.8, 4) is 0 Å². The molecule has 6 heteroatoms. The molecular weight excluding hydrogens is 1010 g/mol. The minimum atomic E-state index is -0.779. The minimum absolute atomic E-state index is 0.0739. The number of hydrogen-bond donors (Lipinski definition) is 0. The molecule has 82 heavy (non-hydrogen) atoms. The predicted octanol–water partition coefficient (Wildman–Crippen LogP) is 25.1. The fourth-order valence-corrected chi connectivity index (χ4v) is 10.7. The Morgan fingerprint density at radius 3 is 0.695 bits per heavy atom. The number of hydrogen-bond acceptors (Lipinski definition) is 6. The maximum atomic E-state index is 12.9. The lowest BCUT2D eigenvalue weighted by atomic mass is 10.0. The molecule has 6 nitrogen and oxygen atoms in total. The first-order valence-corrected chi connectivity index (χ1v) is 36.3. The number of carbonyl (C=O) groups excluding carboxylic acids is 3. The lowest BCUT2D eigenvalue weighted by Crippen LogP contribution is -2.30. The zero-order chi connectivity index (χ0) is 59.2. The maximum Gasteiger partial charge on any atom is 0.306 e. The standard InChI is InChI=1S/C76H138O6/c1-4-7-10-13-16-19-22-25-28-30-32-33-34-35-36-37-38-39-40-41-42-43-45-46-48-51-54-57-60-63-66-69-75(78)81-72-73(71-80-74(77)68-65-62-59-56-53-50-27-24-21-18-15-12-9-6-3)82-76(79)70-67-64-61-58-55-52-49-47-44-31-29-26-23-20-17-14-11-8-5-2/h22,24-27,29-30,32,34-35,73H,4-21,23,28,31,33,36-72H2,1-3H3/b25-22-,27-24-,29-26-,32-30-,35-34-. The number of esters is 3. The van der Waals surface area contributed by atoms with Gasteiger partial charge in [0.05, 0.1) is 0 Å². The Bertz CT molecular complexity index is 1460. The summed E-state index contributed by atoms with van der Waals surface area (Å²) < 4.78 is 17.0. The molecule has 0 rings (SSSR count). The monoisotopic (exact) mass is 1150 g/mol. The molecule has 0 amide bonds. The van der Waals surface area contributed by atoms with Gasteiger partial charge < -0.3 is 14.2 Å². The normalized spacial score (nSPS) is 12.4. The van der Waals surface area contributed by atoms with Crippen molar-refractivity contribution in [3.05, 3.63) is 60.8 Å². The highest BCUT2D eigenvalue weighted by molar-refractivity contribution is 5.71. The van der Waals surface area contributed by atoms with Gasteiger partial charge in [0.15, 0.2) is 6.10 Å². The molecule has 0 saturated heterocycles. The van der Waals surface area contributed by atoms with Crippen molar-refractivity contribution in [2.24, 2.45) is 0 Å². The fourth-order valence-electron chi connectivity index (χ4n) is 10.7. The summed E-state index contributed by atoms with van der Waals surface area (Å²) >= 11 is 0. The Hall–Kier alpha value is -2.89. The first-order chi connectivity index (χ1) is 40.5. The van der Waals surface area contributed by atoms with Gasteiger partial charge in [-0.2, -0.15) is 0 Å². The molecule has 0 aromatic rings. The van der Waals surface area contributed by atoms with Crippen molar-refractivity contribution in [2.45, 2.75) is 393 Å². The second-order valence-corrected chi connectivity index (χ2v) is 24.5. The third-order valence-electron chi connectivity index (χ3n) is 16.2. The molecule has 478 valence electrons. The molecule has 0 N–H and O–H groups in total. The predicted molar refractivity (Wildman–Crippen MR) is 358 cm³/mol. The van der Waals surface area contributed by atoms with Crippen LogP contribution in [0.4, 0.5) is 0 Å².